The Kier molecular flexibility index (Phi) is 5.64. The van der Waals surface area contributed by atoms with Crippen molar-refractivity contribution in [2.24, 2.45) is 0 Å². The zero-order valence-electron chi connectivity index (χ0n) is 11.1. The molecule has 18 heavy (non-hydrogen) atoms. The summed E-state index contributed by atoms with van der Waals surface area (Å²) in [5.74, 6) is 0. The first-order chi connectivity index (χ1) is 8.42. The molecule has 0 bridgehead atoms. The molecule has 0 aliphatic rings. The summed E-state index contributed by atoms with van der Waals surface area (Å²) >= 11 is 1.62. The van der Waals surface area contributed by atoms with E-state index < -0.39 is 10.0 Å². The highest BCUT2D eigenvalue weighted by Crippen LogP contribution is 2.17. The Morgan fingerprint density at radius 3 is 2.72 bits per heavy atom. The molecule has 6 nitrogen and oxygen atoms in total. The minimum atomic E-state index is -3.50. The lowest BCUT2D eigenvalue weighted by atomic mass is 10.4. The predicted molar refractivity (Wildman–Crippen MR) is 74.3 cm³/mol. The highest BCUT2D eigenvalue weighted by Gasteiger charge is 2.24. The molecule has 0 saturated carbocycles. The first-order valence-corrected chi connectivity index (χ1v) is 8.40. The molecule has 1 unspecified atom stereocenters. The largest absolute Gasteiger partial charge is 0.314 e. The molecule has 0 radical (unpaired) electrons. The number of aryl methyl sites for hydroxylation is 1. The fourth-order valence-corrected chi connectivity index (χ4v) is 3.34. The molecule has 0 spiro atoms. The number of hydrogen-bond donors (Lipinski definition) is 3. The molecule has 104 valence electrons. The SMILES string of the molecule is CNCc1n[nH]c(C)c1S(=O)(=O)NCC(C)SC. The van der Waals surface area contributed by atoms with Gasteiger partial charge in [0.05, 0.1) is 11.4 Å². The molecule has 1 aromatic rings. The number of H-pyrrole nitrogens is 1. The van der Waals surface area contributed by atoms with Crippen LogP contribution in [0.3, 0.4) is 0 Å². The van der Waals surface area contributed by atoms with Gasteiger partial charge in [-0.1, -0.05) is 6.92 Å². The van der Waals surface area contributed by atoms with Crippen molar-refractivity contribution in [1.29, 1.82) is 0 Å². The number of rotatable bonds is 7. The number of thioether (sulfide) groups is 1. The second kappa shape index (κ2) is 6.55. The minimum absolute atomic E-state index is 0.236. The molecule has 0 aliphatic heterocycles. The third kappa shape index (κ3) is 3.71. The number of nitrogens with one attached hydrogen (secondary N) is 3. The van der Waals surface area contributed by atoms with E-state index in [0.29, 0.717) is 24.5 Å². The van der Waals surface area contributed by atoms with Crippen LogP contribution < -0.4 is 10.0 Å². The van der Waals surface area contributed by atoms with Crippen LogP contribution in [0.2, 0.25) is 0 Å². The molecule has 0 fully saturated rings. The van der Waals surface area contributed by atoms with Crippen molar-refractivity contribution in [3.05, 3.63) is 11.4 Å². The summed E-state index contributed by atoms with van der Waals surface area (Å²) in [5.41, 5.74) is 1.07. The van der Waals surface area contributed by atoms with Crippen molar-refractivity contribution < 1.29 is 8.42 Å². The zero-order valence-corrected chi connectivity index (χ0v) is 12.7. The van der Waals surface area contributed by atoms with Gasteiger partial charge in [-0.05, 0) is 20.2 Å². The topological polar surface area (TPSA) is 86.9 Å². The molecule has 1 atom stereocenters. The van der Waals surface area contributed by atoms with Gasteiger partial charge < -0.3 is 5.32 Å². The quantitative estimate of drug-likeness (QED) is 0.680. The molecule has 0 aromatic carbocycles. The molecule has 8 heteroatoms. The minimum Gasteiger partial charge on any atom is -0.314 e. The average molecular weight is 292 g/mol. The van der Waals surface area contributed by atoms with Gasteiger partial charge in [0, 0.05) is 18.3 Å². The van der Waals surface area contributed by atoms with Gasteiger partial charge in [-0.15, -0.1) is 0 Å². The molecular formula is C10H20N4O2S2. The smallest absolute Gasteiger partial charge is 0.244 e. The summed E-state index contributed by atoms with van der Waals surface area (Å²) < 4.78 is 27.1. The summed E-state index contributed by atoms with van der Waals surface area (Å²) in [6.45, 7) is 4.51. The van der Waals surface area contributed by atoms with E-state index in [-0.39, 0.29) is 10.1 Å². The summed E-state index contributed by atoms with van der Waals surface area (Å²) in [6.07, 6.45) is 1.95. The van der Waals surface area contributed by atoms with Crippen LogP contribution in [0.25, 0.3) is 0 Å². The van der Waals surface area contributed by atoms with Crippen LogP contribution in [0.4, 0.5) is 0 Å². The van der Waals surface area contributed by atoms with E-state index in [1.54, 1.807) is 25.7 Å². The fraction of sp³-hybridized carbons (Fsp3) is 0.700. The number of nitrogens with zero attached hydrogens (tertiary/aromatic N) is 1. The van der Waals surface area contributed by atoms with Crippen molar-refractivity contribution >= 4 is 21.8 Å². The molecule has 3 N–H and O–H groups in total. The van der Waals surface area contributed by atoms with Crippen molar-refractivity contribution in [1.82, 2.24) is 20.2 Å². The summed E-state index contributed by atoms with van der Waals surface area (Å²) in [6, 6.07) is 0. The Labute approximate surface area is 112 Å². The normalized spacial score (nSPS) is 13.8. The van der Waals surface area contributed by atoms with Crippen molar-refractivity contribution in [2.45, 2.75) is 30.5 Å². The van der Waals surface area contributed by atoms with Crippen molar-refractivity contribution in [3.63, 3.8) is 0 Å². The average Bonchev–Trinajstić information content (AvgIpc) is 2.69. The van der Waals surface area contributed by atoms with E-state index in [1.807, 2.05) is 13.2 Å². The Morgan fingerprint density at radius 1 is 1.50 bits per heavy atom. The maximum Gasteiger partial charge on any atom is 0.244 e. The molecule has 0 saturated heterocycles. The van der Waals surface area contributed by atoms with Crippen LogP contribution in [0.15, 0.2) is 4.90 Å². The number of hydrogen-bond acceptors (Lipinski definition) is 5. The van der Waals surface area contributed by atoms with Crippen LogP contribution >= 0.6 is 11.8 Å². The molecule has 1 heterocycles. The van der Waals surface area contributed by atoms with Crippen LogP contribution in [-0.2, 0) is 16.6 Å². The summed E-state index contributed by atoms with van der Waals surface area (Å²) in [5, 5.41) is 9.87. The van der Waals surface area contributed by atoms with E-state index in [4.69, 9.17) is 0 Å². The van der Waals surface area contributed by atoms with Crippen LogP contribution in [-0.4, -0.2) is 43.7 Å². The Hall–Kier alpha value is -0.570. The number of aromatic nitrogens is 2. The van der Waals surface area contributed by atoms with Gasteiger partial charge in [0.25, 0.3) is 0 Å². The lowest BCUT2D eigenvalue weighted by Crippen LogP contribution is -2.30. The van der Waals surface area contributed by atoms with E-state index >= 15 is 0 Å². The second-order valence-corrected chi connectivity index (χ2v) is 7.03. The van der Waals surface area contributed by atoms with Crippen molar-refractivity contribution in [2.75, 3.05) is 19.8 Å². The van der Waals surface area contributed by atoms with Gasteiger partial charge in [-0.3, -0.25) is 5.10 Å². The van der Waals surface area contributed by atoms with E-state index in [1.165, 1.54) is 0 Å². The van der Waals surface area contributed by atoms with Gasteiger partial charge in [0.15, 0.2) is 0 Å². The maximum absolute atomic E-state index is 12.2. The van der Waals surface area contributed by atoms with E-state index in [0.717, 1.165) is 0 Å². The Balaban J connectivity index is 2.93. The van der Waals surface area contributed by atoms with Crippen molar-refractivity contribution in [3.8, 4) is 0 Å². The molecule has 1 rings (SSSR count). The lowest BCUT2D eigenvalue weighted by Gasteiger charge is -2.11. The first-order valence-electron chi connectivity index (χ1n) is 5.63. The molecule has 1 aromatic heterocycles. The highest BCUT2D eigenvalue weighted by atomic mass is 32.2. The van der Waals surface area contributed by atoms with Crippen LogP contribution in [0, 0.1) is 6.92 Å². The monoisotopic (exact) mass is 292 g/mol. The highest BCUT2D eigenvalue weighted by molar-refractivity contribution is 7.99. The van der Waals surface area contributed by atoms with Gasteiger partial charge >= 0.3 is 0 Å². The molecular weight excluding hydrogens is 272 g/mol. The fourth-order valence-electron chi connectivity index (χ4n) is 1.50. The van der Waals surface area contributed by atoms with Gasteiger partial charge in [-0.25, -0.2) is 13.1 Å². The second-order valence-electron chi connectivity index (χ2n) is 4.05. The standard InChI is InChI=1S/C10H20N4O2S2/c1-7(17-4)5-12-18(15,16)10-8(2)13-14-9(10)6-11-3/h7,11-12H,5-6H2,1-4H3,(H,13,14). The van der Waals surface area contributed by atoms with E-state index in [9.17, 15) is 8.42 Å². The van der Waals surface area contributed by atoms with Gasteiger partial charge in [0.2, 0.25) is 10.0 Å². The third-order valence-corrected chi connectivity index (χ3v) is 5.13. The van der Waals surface area contributed by atoms with Crippen LogP contribution in [0.5, 0.6) is 0 Å². The summed E-state index contributed by atoms with van der Waals surface area (Å²) in [4.78, 5) is 0.255. The Morgan fingerprint density at radius 2 is 2.17 bits per heavy atom. The van der Waals surface area contributed by atoms with Crippen LogP contribution in [0.1, 0.15) is 18.3 Å². The third-order valence-electron chi connectivity index (χ3n) is 2.54. The number of aromatic amines is 1. The zero-order chi connectivity index (χ0) is 13.8. The van der Waals surface area contributed by atoms with Gasteiger partial charge in [0.1, 0.15) is 4.90 Å². The molecule has 0 aliphatic carbocycles. The predicted octanol–water partition coefficient (Wildman–Crippen LogP) is 0.467. The first kappa shape index (κ1) is 15.5. The van der Waals surface area contributed by atoms with E-state index in [2.05, 4.69) is 20.2 Å². The maximum atomic E-state index is 12.2. The number of sulfonamides is 1. The summed E-state index contributed by atoms with van der Waals surface area (Å²) in [7, 11) is -1.75. The molecule has 0 amide bonds. The lowest BCUT2D eigenvalue weighted by molar-refractivity contribution is 0.579. The Bertz CT molecular complexity index is 484. The van der Waals surface area contributed by atoms with Gasteiger partial charge in [-0.2, -0.15) is 16.9 Å².